The molecule has 1 aromatic carbocycles. The number of nitrogen functional groups attached to an aromatic ring is 1. The molecule has 0 unspecified atom stereocenters. The topological polar surface area (TPSA) is 55.1 Å². The Kier molecular flexibility index (Phi) is 5.01. The van der Waals surface area contributed by atoms with Crippen LogP contribution in [-0.2, 0) is 0 Å². The zero-order valence-electron chi connectivity index (χ0n) is 9.35. The molecule has 1 aromatic rings. The summed E-state index contributed by atoms with van der Waals surface area (Å²) in [7, 11) is 0. The van der Waals surface area contributed by atoms with E-state index in [4.69, 9.17) is 5.73 Å². The minimum atomic E-state index is -4.19. The van der Waals surface area contributed by atoms with Gasteiger partial charge in [-0.1, -0.05) is 0 Å². The van der Waals surface area contributed by atoms with Crippen LogP contribution in [0.3, 0.4) is 0 Å². The summed E-state index contributed by atoms with van der Waals surface area (Å²) in [5, 5.41) is 2.41. The minimum Gasteiger partial charge on any atom is -0.398 e. The van der Waals surface area contributed by atoms with Crippen molar-refractivity contribution in [1.82, 2.24) is 5.32 Å². The lowest BCUT2D eigenvalue weighted by Crippen LogP contribution is -2.25. The van der Waals surface area contributed by atoms with Crippen LogP contribution in [0.25, 0.3) is 0 Å². The van der Waals surface area contributed by atoms with Crippen molar-refractivity contribution in [3.63, 3.8) is 0 Å². The summed E-state index contributed by atoms with van der Waals surface area (Å²) in [6, 6.07) is 4.61. The van der Waals surface area contributed by atoms with Crippen LogP contribution in [0, 0.1) is 0 Å². The average molecular weight is 325 g/mol. The van der Waals surface area contributed by atoms with Crippen LogP contribution in [0.2, 0.25) is 0 Å². The number of benzene rings is 1. The molecule has 0 saturated heterocycles. The molecule has 0 atom stereocenters. The summed E-state index contributed by atoms with van der Waals surface area (Å²) in [6.07, 6.45) is -5.23. The minimum absolute atomic E-state index is 0.0195. The number of carbonyl (C=O) groups excluding carboxylic acids is 1. The zero-order chi connectivity index (χ0) is 13.8. The third-order valence-electron chi connectivity index (χ3n) is 2.18. The Labute approximate surface area is 111 Å². The molecule has 0 aliphatic rings. The molecule has 7 heteroatoms. The van der Waals surface area contributed by atoms with Crippen LogP contribution in [-0.4, -0.2) is 18.6 Å². The van der Waals surface area contributed by atoms with E-state index in [1.165, 1.54) is 6.07 Å². The molecule has 0 aromatic heterocycles. The number of anilines is 1. The van der Waals surface area contributed by atoms with Crippen LogP contribution >= 0.6 is 15.9 Å². The van der Waals surface area contributed by atoms with E-state index < -0.39 is 18.5 Å². The van der Waals surface area contributed by atoms with E-state index in [2.05, 4.69) is 21.2 Å². The van der Waals surface area contributed by atoms with Gasteiger partial charge in [0.05, 0.1) is 0 Å². The van der Waals surface area contributed by atoms with Gasteiger partial charge in [0.2, 0.25) is 0 Å². The first-order valence-corrected chi connectivity index (χ1v) is 5.99. The Hall–Kier alpha value is -1.24. The second kappa shape index (κ2) is 6.08. The Morgan fingerprint density at radius 2 is 2.06 bits per heavy atom. The van der Waals surface area contributed by atoms with Gasteiger partial charge in [0.25, 0.3) is 5.91 Å². The molecule has 0 fully saturated rings. The number of alkyl halides is 3. The van der Waals surface area contributed by atoms with Crippen molar-refractivity contribution in [2.24, 2.45) is 0 Å². The van der Waals surface area contributed by atoms with Gasteiger partial charge in [0, 0.05) is 28.7 Å². The second-order valence-corrected chi connectivity index (χ2v) is 4.57. The van der Waals surface area contributed by atoms with E-state index in [0.717, 1.165) is 0 Å². The number of hydrogen-bond acceptors (Lipinski definition) is 2. The Morgan fingerprint density at radius 3 is 2.61 bits per heavy atom. The third-order valence-corrected chi connectivity index (χ3v) is 2.90. The molecule has 0 aliphatic carbocycles. The van der Waals surface area contributed by atoms with Crippen molar-refractivity contribution in [3.05, 3.63) is 28.2 Å². The van der Waals surface area contributed by atoms with E-state index in [-0.39, 0.29) is 13.0 Å². The first-order valence-electron chi connectivity index (χ1n) is 5.19. The fourth-order valence-electron chi connectivity index (χ4n) is 1.28. The Morgan fingerprint density at radius 1 is 1.39 bits per heavy atom. The van der Waals surface area contributed by atoms with Crippen molar-refractivity contribution in [1.29, 1.82) is 0 Å². The SMILES string of the molecule is Nc1cc(C(=O)NCCCC(F)(F)F)ccc1Br. The number of nitrogens with one attached hydrogen (secondary N) is 1. The summed E-state index contributed by atoms with van der Waals surface area (Å²) < 4.78 is 36.3. The fraction of sp³-hybridized carbons (Fsp3) is 0.364. The molecule has 0 saturated carbocycles. The molecule has 1 rings (SSSR count). The molecule has 100 valence electrons. The highest BCUT2D eigenvalue weighted by Crippen LogP contribution is 2.21. The molecular formula is C11H12BrF3N2O. The van der Waals surface area contributed by atoms with Gasteiger partial charge >= 0.3 is 6.18 Å². The molecule has 0 heterocycles. The van der Waals surface area contributed by atoms with Crippen LogP contribution in [0.5, 0.6) is 0 Å². The van der Waals surface area contributed by atoms with E-state index in [0.29, 0.717) is 15.7 Å². The average Bonchev–Trinajstić information content (AvgIpc) is 2.26. The first kappa shape index (κ1) is 14.8. The Balaban J connectivity index is 2.43. The standard InChI is InChI=1S/C11H12BrF3N2O/c12-8-3-2-7(6-9(8)16)10(18)17-5-1-4-11(13,14)15/h2-3,6H,1,4-5,16H2,(H,17,18). The van der Waals surface area contributed by atoms with Crippen molar-refractivity contribution in [2.75, 3.05) is 12.3 Å². The molecule has 0 radical (unpaired) electrons. The third kappa shape index (κ3) is 4.95. The van der Waals surface area contributed by atoms with Crippen molar-refractivity contribution in [2.45, 2.75) is 19.0 Å². The maximum Gasteiger partial charge on any atom is 0.389 e. The lowest BCUT2D eigenvalue weighted by atomic mass is 10.2. The maximum absolute atomic E-state index is 11.9. The lowest BCUT2D eigenvalue weighted by molar-refractivity contribution is -0.135. The molecular weight excluding hydrogens is 313 g/mol. The van der Waals surface area contributed by atoms with Gasteiger partial charge in [-0.15, -0.1) is 0 Å². The van der Waals surface area contributed by atoms with Crippen LogP contribution in [0.4, 0.5) is 18.9 Å². The van der Waals surface area contributed by atoms with Crippen LogP contribution in [0.15, 0.2) is 22.7 Å². The second-order valence-electron chi connectivity index (χ2n) is 3.71. The van der Waals surface area contributed by atoms with Crippen molar-refractivity contribution < 1.29 is 18.0 Å². The van der Waals surface area contributed by atoms with E-state index in [1.54, 1.807) is 12.1 Å². The predicted octanol–water partition coefficient (Wildman–Crippen LogP) is 3.10. The largest absolute Gasteiger partial charge is 0.398 e. The summed E-state index contributed by atoms with van der Waals surface area (Å²) in [6.45, 7) is -0.0195. The summed E-state index contributed by atoms with van der Waals surface area (Å²) in [5.41, 5.74) is 6.32. The number of rotatable bonds is 4. The van der Waals surface area contributed by atoms with Gasteiger partial charge in [-0.3, -0.25) is 4.79 Å². The van der Waals surface area contributed by atoms with Crippen LogP contribution < -0.4 is 11.1 Å². The van der Waals surface area contributed by atoms with E-state index >= 15 is 0 Å². The first-order chi connectivity index (χ1) is 8.29. The molecule has 0 spiro atoms. The van der Waals surface area contributed by atoms with Crippen molar-refractivity contribution in [3.8, 4) is 0 Å². The normalized spacial score (nSPS) is 11.3. The quantitative estimate of drug-likeness (QED) is 0.660. The molecule has 3 N–H and O–H groups in total. The number of carbonyl (C=O) groups is 1. The predicted molar refractivity (Wildman–Crippen MR) is 66.2 cm³/mol. The summed E-state index contributed by atoms with van der Waals surface area (Å²) in [4.78, 5) is 11.6. The molecule has 18 heavy (non-hydrogen) atoms. The zero-order valence-corrected chi connectivity index (χ0v) is 10.9. The number of amides is 1. The Bertz CT molecular complexity index is 435. The van der Waals surface area contributed by atoms with Gasteiger partial charge in [-0.2, -0.15) is 13.2 Å². The highest BCUT2D eigenvalue weighted by atomic mass is 79.9. The fourth-order valence-corrected chi connectivity index (χ4v) is 1.52. The van der Waals surface area contributed by atoms with Gasteiger partial charge in [0.15, 0.2) is 0 Å². The van der Waals surface area contributed by atoms with E-state index in [1.807, 2.05) is 0 Å². The number of hydrogen-bond donors (Lipinski definition) is 2. The number of nitrogens with two attached hydrogens (primary N) is 1. The molecule has 3 nitrogen and oxygen atoms in total. The van der Waals surface area contributed by atoms with Gasteiger partial charge in [0.1, 0.15) is 0 Å². The lowest BCUT2D eigenvalue weighted by Gasteiger charge is -2.08. The van der Waals surface area contributed by atoms with E-state index in [9.17, 15) is 18.0 Å². The summed E-state index contributed by atoms with van der Waals surface area (Å²) >= 11 is 3.18. The number of halogens is 4. The molecule has 0 aliphatic heterocycles. The van der Waals surface area contributed by atoms with Gasteiger partial charge in [-0.25, -0.2) is 0 Å². The summed E-state index contributed by atoms with van der Waals surface area (Å²) in [5.74, 6) is -0.434. The highest BCUT2D eigenvalue weighted by Gasteiger charge is 2.25. The van der Waals surface area contributed by atoms with Gasteiger partial charge in [-0.05, 0) is 40.5 Å². The van der Waals surface area contributed by atoms with Gasteiger partial charge < -0.3 is 11.1 Å². The highest BCUT2D eigenvalue weighted by molar-refractivity contribution is 9.10. The molecule has 0 bridgehead atoms. The smallest absolute Gasteiger partial charge is 0.389 e. The van der Waals surface area contributed by atoms with Crippen LogP contribution in [0.1, 0.15) is 23.2 Å². The van der Waals surface area contributed by atoms with Crippen molar-refractivity contribution >= 4 is 27.5 Å². The monoisotopic (exact) mass is 324 g/mol. The maximum atomic E-state index is 11.9. The molecule has 1 amide bonds.